The first-order valence-corrected chi connectivity index (χ1v) is 12.1. The van der Waals surface area contributed by atoms with Crippen LogP contribution in [0.15, 0.2) is 24.3 Å². The third kappa shape index (κ3) is 6.34. The van der Waals surface area contributed by atoms with Crippen LogP contribution in [0.2, 0.25) is 0 Å². The zero-order valence-corrected chi connectivity index (χ0v) is 20.1. The van der Waals surface area contributed by atoms with E-state index in [4.69, 9.17) is 15.2 Å². The Bertz CT molecular complexity index is 1060. The van der Waals surface area contributed by atoms with E-state index in [2.05, 4.69) is 17.6 Å². The molecule has 9 nitrogen and oxygen atoms in total. The Kier molecular flexibility index (Phi) is 8.64. The zero-order chi connectivity index (χ0) is 24.7. The predicted octanol–water partition coefficient (Wildman–Crippen LogP) is 2.81. The molecule has 2 aromatic rings. The van der Waals surface area contributed by atoms with E-state index >= 15 is 0 Å². The van der Waals surface area contributed by atoms with Crippen molar-refractivity contribution in [2.75, 3.05) is 18.5 Å². The fourth-order valence-corrected chi connectivity index (χ4v) is 4.85. The van der Waals surface area contributed by atoms with Gasteiger partial charge >= 0.3 is 5.97 Å². The number of nitrogens with two attached hydrogens (primary N) is 1. The number of esters is 1. The number of hydrogen-bond donors (Lipinski definition) is 3. The maximum Gasteiger partial charge on any atom is 0.326 e. The molecule has 1 atom stereocenters. The number of anilines is 1. The quantitative estimate of drug-likeness (QED) is 0.329. The lowest BCUT2D eigenvalue weighted by Crippen LogP contribution is -2.36. The highest BCUT2D eigenvalue weighted by Gasteiger charge is 2.28. The van der Waals surface area contributed by atoms with Gasteiger partial charge in [0.25, 0.3) is 17.7 Å². The van der Waals surface area contributed by atoms with Gasteiger partial charge in [-0.25, -0.2) is 0 Å². The fourth-order valence-electron chi connectivity index (χ4n) is 3.55. The van der Waals surface area contributed by atoms with Crippen molar-refractivity contribution in [2.45, 2.75) is 52.1 Å². The molecule has 0 radical (unpaired) electrons. The summed E-state index contributed by atoms with van der Waals surface area (Å²) in [5.74, 6) is -1.73. The number of primary amides is 1. The van der Waals surface area contributed by atoms with Crippen LogP contribution in [0, 0.1) is 0 Å². The molecule has 182 valence electrons. The van der Waals surface area contributed by atoms with Crippen LogP contribution in [0.4, 0.5) is 5.00 Å². The van der Waals surface area contributed by atoms with Crippen LogP contribution in [0.1, 0.15) is 64.3 Å². The summed E-state index contributed by atoms with van der Waals surface area (Å²) in [6.07, 6.45) is 3.39. The monoisotopic (exact) mass is 487 g/mol. The average molecular weight is 488 g/mol. The smallest absolute Gasteiger partial charge is 0.326 e. The number of carbonyl (C=O) groups excluding carboxylic acids is 4. The summed E-state index contributed by atoms with van der Waals surface area (Å²) in [4.78, 5) is 49.8. The predicted molar refractivity (Wildman–Crippen MR) is 128 cm³/mol. The van der Waals surface area contributed by atoms with Gasteiger partial charge in [-0.3, -0.25) is 19.2 Å². The largest absolute Gasteiger partial charge is 0.494 e. The second-order valence-corrected chi connectivity index (χ2v) is 9.06. The number of benzene rings is 1. The number of thiophene rings is 1. The lowest BCUT2D eigenvalue weighted by atomic mass is 10.1. The minimum atomic E-state index is -1.12. The number of rotatable bonds is 11. The van der Waals surface area contributed by atoms with Gasteiger partial charge in [-0.2, -0.15) is 0 Å². The molecule has 1 unspecified atom stereocenters. The average Bonchev–Trinajstić information content (AvgIpc) is 3.38. The van der Waals surface area contributed by atoms with Gasteiger partial charge in [-0.1, -0.05) is 13.3 Å². The molecule has 1 aromatic heterocycles. The SMILES string of the molecule is CCCCOc1ccc(C(=O)NCC(=O)OC(C)C(=O)Nc2sc3c(c2C(N)=O)CCC3)cc1. The molecule has 0 aliphatic heterocycles. The van der Waals surface area contributed by atoms with Crippen molar-refractivity contribution < 1.29 is 28.7 Å². The minimum Gasteiger partial charge on any atom is -0.494 e. The Morgan fingerprint density at radius 1 is 1.15 bits per heavy atom. The van der Waals surface area contributed by atoms with E-state index in [1.165, 1.54) is 18.3 Å². The Labute approximate surface area is 202 Å². The Morgan fingerprint density at radius 2 is 1.88 bits per heavy atom. The van der Waals surface area contributed by atoms with E-state index in [0.717, 1.165) is 42.5 Å². The fraction of sp³-hybridized carbons (Fsp3) is 0.417. The molecule has 3 amide bonds. The molecule has 3 rings (SSSR count). The molecule has 0 bridgehead atoms. The lowest BCUT2D eigenvalue weighted by Gasteiger charge is -2.14. The topological polar surface area (TPSA) is 137 Å². The lowest BCUT2D eigenvalue weighted by molar-refractivity contribution is -0.152. The molecule has 10 heteroatoms. The van der Waals surface area contributed by atoms with Crippen LogP contribution >= 0.6 is 11.3 Å². The summed E-state index contributed by atoms with van der Waals surface area (Å²) in [6.45, 7) is 3.70. The second-order valence-electron chi connectivity index (χ2n) is 7.96. The molecular formula is C24H29N3O6S. The van der Waals surface area contributed by atoms with E-state index in [1.54, 1.807) is 24.3 Å². The molecule has 4 N–H and O–H groups in total. The van der Waals surface area contributed by atoms with Gasteiger partial charge in [0.15, 0.2) is 6.10 Å². The first kappa shape index (κ1) is 25.2. The van der Waals surface area contributed by atoms with Crippen molar-refractivity contribution in [3.05, 3.63) is 45.8 Å². The highest BCUT2D eigenvalue weighted by molar-refractivity contribution is 7.17. The minimum absolute atomic E-state index is 0.332. The number of ether oxygens (including phenoxy) is 2. The number of fused-ring (bicyclic) bond motifs is 1. The summed E-state index contributed by atoms with van der Waals surface area (Å²) in [6, 6.07) is 6.59. The summed E-state index contributed by atoms with van der Waals surface area (Å²) in [5.41, 5.74) is 7.09. The summed E-state index contributed by atoms with van der Waals surface area (Å²) < 4.78 is 10.7. The van der Waals surface area contributed by atoms with Gasteiger partial charge in [0, 0.05) is 10.4 Å². The van der Waals surface area contributed by atoms with E-state index in [1.807, 2.05) is 0 Å². The first-order chi connectivity index (χ1) is 16.3. The molecule has 1 aliphatic rings. The van der Waals surface area contributed by atoms with Gasteiger partial charge in [-0.15, -0.1) is 11.3 Å². The maximum absolute atomic E-state index is 12.5. The van der Waals surface area contributed by atoms with Crippen LogP contribution in [0.5, 0.6) is 5.75 Å². The molecule has 0 spiro atoms. The number of unbranched alkanes of at least 4 members (excludes halogenated alkanes) is 1. The molecule has 0 saturated heterocycles. The molecule has 1 heterocycles. The van der Waals surface area contributed by atoms with Gasteiger partial charge in [-0.05, 0) is 62.4 Å². The Hall–Kier alpha value is -3.40. The molecule has 1 aromatic carbocycles. The van der Waals surface area contributed by atoms with Crippen LogP contribution in [0.25, 0.3) is 0 Å². The van der Waals surface area contributed by atoms with Crippen molar-refractivity contribution in [3.8, 4) is 5.75 Å². The van der Waals surface area contributed by atoms with E-state index in [-0.39, 0.29) is 0 Å². The van der Waals surface area contributed by atoms with E-state index in [9.17, 15) is 19.2 Å². The highest BCUT2D eigenvalue weighted by Crippen LogP contribution is 2.38. The van der Waals surface area contributed by atoms with Crippen LogP contribution in [-0.4, -0.2) is 42.9 Å². The van der Waals surface area contributed by atoms with Crippen LogP contribution in [0.3, 0.4) is 0 Å². The first-order valence-electron chi connectivity index (χ1n) is 11.3. The van der Waals surface area contributed by atoms with Crippen LogP contribution < -0.4 is 21.1 Å². The molecule has 34 heavy (non-hydrogen) atoms. The number of nitrogens with one attached hydrogen (secondary N) is 2. The second kappa shape index (κ2) is 11.6. The third-order valence-electron chi connectivity index (χ3n) is 5.36. The van der Waals surface area contributed by atoms with Crippen molar-refractivity contribution in [1.82, 2.24) is 5.32 Å². The van der Waals surface area contributed by atoms with Gasteiger partial charge < -0.3 is 25.8 Å². The third-order valence-corrected chi connectivity index (χ3v) is 6.57. The van der Waals surface area contributed by atoms with Crippen molar-refractivity contribution in [1.29, 1.82) is 0 Å². The van der Waals surface area contributed by atoms with Gasteiger partial charge in [0.05, 0.1) is 12.2 Å². The highest BCUT2D eigenvalue weighted by atomic mass is 32.1. The van der Waals surface area contributed by atoms with Gasteiger partial charge in [0.2, 0.25) is 0 Å². The number of amides is 3. The van der Waals surface area contributed by atoms with Crippen molar-refractivity contribution >= 4 is 40.0 Å². The van der Waals surface area contributed by atoms with Crippen LogP contribution in [-0.2, 0) is 27.2 Å². The summed E-state index contributed by atoms with van der Waals surface area (Å²) in [7, 11) is 0. The summed E-state index contributed by atoms with van der Waals surface area (Å²) in [5, 5.41) is 5.49. The molecule has 0 saturated carbocycles. The van der Waals surface area contributed by atoms with Crippen molar-refractivity contribution in [2.24, 2.45) is 5.73 Å². The standard InChI is InChI=1S/C24H29N3O6S/c1-3-4-12-32-16-10-8-15(9-11-16)23(31)26-13-19(28)33-14(2)22(30)27-24-20(21(25)29)17-6-5-7-18(17)34-24/h8-11,14H,3-7,12-13H2,1-2H3,(H2,25,29)(H,26,31)(H,27,30). The Morgan fingerprint density at radius 3 is 2.56 bits per heavy atom. The van der Waals surface area contributed by atoms with Crippen molar-refractivity contribution in [3.63, 3.8) is 0 Å². The number of hydrogen-bond acceptors (Lipinski definition) is 7. The zero-order valence-electron chi connectivity index (χ0n) is 19.3. The molecular weight excluding hydrogens is 458 g/mol. The van der Waals surface area contributed by atoms with Gasteiger partial charge in [0.1, 0.15) is 17.3 Å². The maximum atomic E-state index is 12.5. The number of aryl methyl sites for hydroxylation is 1. The molecule has 0 fully saturated rings. The van der Waals surface area contributed by atoms with E-state index < -0.39 is 36.3 Å². The van der Waals surface area contributed by atoms with E-state index in [0.29, 0.717) is 28.5 Å². The summed E-state index contributed by atoms with van der Waals surface area (Å²) >= 11 is 1.32. The normalized spacial score (nSPS) is 13.0. The molecule has 1 aliphatic carbocycles. The number of carbonyl (C=O) groups is 4. The Balaban J connectivity index is 1.47.